The van der Waals surface area contributed by atoms with Crippen LogP contribution in [0.5, 0.6) is 0 Å². The maximum atomic E-state index is 10.7. The highest BCUT2D eigenvalue weighted by Gasteiger charge is 2.13. The van der Waals surface area contributed by atoms with E-state index in [-0.39, 0.29) is 11.3 Å². The number of thiazole rings is 1. The first-order valence-electron chi connectivity index (χ1n) is 4.52. The normalized spacial score (nSPS) is 10.4. The van der Waals surface area contributed by atoms with Gasteiger partial charge in [0, 0.05) is 0 Å². The van der Waals surface area contributed by atoms with E-state index in [1.807, 2.05) is 0 Å². The third-order valence-corrected chi connectivity index (χ3v) is 4.68. The number of carbonyl (C=O) groups excluding carboxylic acids is 1. The third-order valence-electron chi connectivity index (χ3n) is 1.64. The fourth-order valence-corrected chi connectivity index (χ4v) is 3.90. The van der Waals surface area contributed by atoms with Crippen molar-refractivity contribution in [1.82, 2.24) is 15.2 Å². The summed E-state index contributed by atoms with van der Waals surface area (Å²) in [6.07, 6.45) is 1.34. The van der Waals surface area contributed by atoms with Crippen LogP contribution in [0.15, 0.2) is 14.9 Å². The van der Waals surface area contributed by atoms with Crippen LogP contribution in [0.25, 0.3) is 0 Å². The summed E-state index contributed by atoms with van der Waals surface area (Å²) >= 11 is 3.50. The van der Waals surface area contributed by atoms with Crippen LogP contribution < -0.4 is 5.73 Å². The first kappa shape index (κ1) is 12.9. The molecule has 3 N–H and O–H groups in total. The lowest BCUT2D eigenvalue weighted by molar-refractivity contribution is -0.117. The molecule has 0 spiro atoms. The number of amides is 1. The fraction of sp³-hybridized carbons (Fsp3) is 0.125. The molecule has 0 radical (unpaired) electrons. The number of hydrogen-bond acceptors (Lipinski definition) is 8. The Morgan fingerprint density at radius 3 is 2.72 bits per heavy atom. The molecule has 0 aliphatic carbocycles. The van der Waals surface area contributed by atoms with E-state index in [2.05, 4.69) is 15.2 Å². The first-order valence-corrected chi connectivity index (χ1v) is 6.97. The van der Waals surface area contributed by atoms with Crippen LogP contribution in [0.1, 0.15) is 14.7 Å². The van der Waals surface area contributed by atoms with Crippen LogP contribution in [0.3, 0.4) is 0 Å². The van der Waals surface area contributed by atoms with Gasteiger partial charge in [0.1, 0.15) is 9.88 Å². The van der Waals surface area contributed by atoms with E-state index < -0.39 is 11.9 Å². The Morgan fingerprint density at radius 1 is 1.33 bits per heavy atom. The van der Waals surface area contributed by atoms with Gasteiger partial charge in [-0.05, 0) is 11.8 Å². The second kappa shape index (κ2) is 5.42. The van der Waals surface area contributed by atoms with E-state index in [4.69, 9.17) is 10.8 Å². The Balaban J connectivity index is 2.06. The summed E-state index contributed by atoms with van der Waals surface area (Å²) in [4.78, 5) is 25.5. The Labute approximate surface area is 113 Å². The Morgan fingerprint density at radius 2 is 2.11 bits per heavy atom. The number of nitrogens with zero attached hydrogens (tertiary/aromatic N) is 3. The second-order valence-electron chi connectivity index (χ2n) is 3.00. The maximum absolute atomic E-state index is 10.7. The summed E-state index contributed by atoms with van der Waals surface area (Å²) in [5, 5.41) is 16.9. The molecule has 18 heavy (non-hydrogen) atoms. The predicted octanol–water partition coefficient (Wildman–Crippen LogP) is 0.872. The fourth-order valence-electron chi connectivity index (χ4n) is 0.979. The van der Waals surface area contributed by atoms with E-state index in [1.165, 1.54) is 29.3 Å². The van der Waals surface area contributed by atoms with Gasteiger partial charge in [-0.1, -0.05) is 11.3 Å². The van der Waals surface area contributed by atoms with Gasteiger partial charge >= 0.3 is 5.97 Å². The van der Waals surface area contributed by atoms with Crippen molar-refractivity contribution < 1.29 is 14.7 Å². The quantitative estimate of drug-likeness (QED) is 0.841. The van der Waals surface area contributed by atoms with Gasteiger partial charge in [-0.3, -0.25) is 4.79 Å². The number of carbonyl (C=O) groups is 2. The van der Waals surface area contributed by atoms with Gasteiger partial charge in [0.2, 0.25) is 5.91 Å². The smallest absolute Gasteiger partial charge is 0.347 e. The standard InChI is InChI=1S/C8H6N4O3S3/c9-4(13)1-5-11-12-8(17-5)18-7-10-2-3(16-7)6(14)15/h2H,1H2,(H2,9,13)(H,14,15). The van der Waals surface area contributed by atoms with Crippen LogP contribution in [-0.4, -0.2) is 32.2 Å². The molecule has 2 heterocycles. The molecule has 7 nitrogen and oxygen atoms in total. The van der Waals surface area contributed by atoms with E-state index in [0.29, 0.717) is 13.7 Å². The highest BCUT2D eigenvalue weighted by molar-refractivity contribution is 8.02. The van der Waals surface area contributed by atoms with Crippen LogP contribution in [0.4, 0.5) is 0 Å². The van der Waals surface area contributed by atoms with Crippen molar-refractivity contribution in [2.45, 2.75) is 15.1 Å². The SMILES string of the molecule is NC(=O)Cc1nnc(Sc2ncc(C(=O)O)s2)s1. The summed E-state index contributed by atoms with van der Waals surface area (Å²) in [7, 11) is 0. The summed E-state index contributed by atoms with van der Waals surface area (Å²) in [5.74, 6) is -1.48. The van der Waals surface area contributed by atoms with Crippen molar-refractivity contribution in [2.24, 2.45) is 5.73 Å². The Hall–Kier alpha value is -1.52. The van der Waals surface area contributed by atoms with Crippen molar-refractivity contribution in [3.8, 4) is 0 Å². The van der Waals surface area contributed by atoms with Crippen LogP contribution in [0, 0.1) is 0 Å². The van der Waals surface area contributed by atoms with Gasteiger partial charge < -0.3 is 10.8 Å². The molecule has 0 atom stereocenters. The van der Waals surface area contributed by atoms with E-state index >= 15 is 0 Å². The van der Waals surface area contributed by atoms with E-state index in [0.717, 1.165) is 11.3 Å². The number of aromatic carboxylic acids is 1. The van der Waals surface area contributed by atoms with Crippen LogP contribution in [0.2, 0.25) is 0 Å². The lowest BCUT2D eigenvalue weighted by Crippen LogP contribution is -2.13. The molecule has 0 aliphatic heterocycles. The number of hydrogen-bond donors (Lipinski definition) is 2. The average Bonchev–Trinajstić information content (AvgIpc) is 2.88. The average molecular weight is 302 g/mol. The minimum absolute atomic E-state index is 0.0521. The molecule has 10 heteroatoms. The zero-order chi connectivity index (χ0) is 13.1. The molecular formula is C8H6N4O3S3. The van der Waals surface area contributed by atoms with Gasteiger partial charge in [0.15, 0.2) is 8.68 Å². The van der Waals surface area contributed by atoms with Crippen LogP contribution >= 0.6 is 34.4 Å². The molecule has 0 bridgehead atoms. The van der Waals surface area contributed by atoms with E-state index in [1.54, 1.807) is 0 Å². The molecule has 0 fully saturated rings. The minimum atomic E-state index is -1.01. The van der Waals surface area contributed by atoms with Gasteiger partial charge in [-0.15, -0.1) is 21.5 Å². The topological polar surface area (TPSA) is 119 Å². The summed E-state index contributed by atoms with van der Waals surface area (Å²) < 4.78 is 1.16. The highest BCUT2D eigenvalue weighted by Crippen LogP contribution is 2.33. The lowest BCUT2D eigenvalue weighted by atomic mass is 10.4. The molecule has 0 unspecified atom stereocenters. The zero-order valence-electron chi connectivity index (χ0n) is 8.69. The Kier molecular flexibility index (Phi) is 3.89. The molecule has 2 rings (SSSR count). The van der Waals surface area contributed by atoms with Crippen molar-refractivity contribution >= 4 is 46.3 Å². The molecule has 2 aromatic rings. The maximum Gasteiger partial charge on any atom is 0.347 e. The minimum Gasteiger partial charge on any atom is -0.477 e. The number of nitrogens with two attached hydrogens (primary N) is 1. The third kappa shape index (κ3) is 3.24. The zero-order valence-corrected chi connectivity index (χ0v) is 11.1. The molecule has 1 amide bonds. The Bertz CT molecular complexity index is 594. The predicted molar refractivity (Wildman–Crippen MR) is 66.0 cm³/mol. The largest absolute Gasteiger partial charge is 0.477 e. The number of aromatic nitrogens is 3. The lowest BCUT2D eigenvalue weighted by Gasteiger charge is -1.87. The molecule has 0 aromatic carbocycles. The van der Waals surface area contributed by atoms with Gasteiger partial charge in [0.05, 0.1) is 12.6 Å². The molecule has 94 valence electrons. The van der Waals surface area contributed by atoms with Crippen molar-refractivity contribution in [2.75, 3.05) is 0 Å². The van der Waals surface area contributed by atoms with Crippen molar-refractivity contribution in [1.29, 1.82) is 0 Å². The first-order chi connectivity index (χ1) is 8.54. The molecule has 0 aliphatic rings. The van der Waals surface area contributed by atoms with Gasteiger partial charge in [0.25, 0.3) is 0 Å². The van der Waals surface area contributed by atoms with Crippen LogP contribution in [-0.2, 0) is 11.2 Å². The molecular weight excluding hydrogens is 296 g/mol. The number of carboxylic acids is 1. The number of carboxylic acid groups (broad SMARTS) is 1. The second-order valence-corrected chi connectivity index (χ2v) is 6.59. The van der Waals surface area contributed by atoms with Crippen molar-refractivity contribution in [3.63, 3.8) is 0 Å². The van der Waals surface area contributed by atoms with Gasteiger partial charge in [-0.2, -0.15) is 0 Å². The van der Waals surface area contributed by atoms with E-state index in [9.17, 15) is 9.59 Å². The number of rotatable bonds is 5. The molecule has 2 aromatic heterocycles. The number of primary amides is 1. The highest BCUT2D eigenvalue weighted by atomic mass is 32.2. The summed E-state index contributed by atoms with van der Waals surface area (Å²) in [6, 6.07) is 0. The molecule has 0 saturated heterocycles. The van der Waals surface area contributed by atoms with Crippen molar-refractivity contribution in [3.05, 3.63) is 16.1 Å². The molecule has 0 saturated carbocycles. The monoisotopic (exact) mass is 302 g/mol. The summed E-state index contributed by atoms with van der Waals surface area (Å²) in [5.41, 5.74) is 5.04. The summed E-state index contributed by atoms with van der Waals surface area (Å²) in [6.45, 7) is 0. The van der Waals surface area contributed by atoms with Gasteiger partial charge in [-0.25, -0.2) is 9.78 Å².